The Morgan fingerprint density at radius 1 is 0.675 bits per heavy atom. The van der Waals surface area contributed by atoms with Gasteiger partial charge in [-0.15, -0.1) is 0 Å². The molecule has 1 N–H and O–H groups in total. The predicted molar refractivity (Wildman–Crippen MR) is 348 cm³/mol. The van der Waals surface area contributed by atoms with E-state index in [1.807, 2.05) is 65.8 Å². The van der Waals surface area contributed by atoms with Gasteiger partial charge >= 0.3 is 0 Å². The monoisotopic (exact) mass is 1050 g/mol. The topological polar surface area (TPSA) is 26.8 Å². The van der Waals surface area contributed by atoms with E-state index in [-0.39, 0.29) is 6.04 Å². The molecule has 2 aliphatic carbocycles. The Kier molecular flexibility index (Phi) is 18.8. The highest BCUT2D eigenvalue weighted by Crippen LogP contribution is 2.41. The largest absolute Gasteiger partial charge is 0.361 e. The van der Waals surface area contributed by atoms with Crippen LogP contribution in [0.15, 0.2) is 226 Å². The highest BCUT2D eigenvalue weighted by atomic mass is 19.1. The molecule has 1 atom stereocenters. The fourth-order valence-corrected chi connectivity index (χ4v) is 10.9. The number of dihydropyridines is 1. The number of aromatic nitrogens is 3. The predicted octanol–water partition coefficient (Wildman–Crippen LogP) is 19.1. The quantitative estimate of drug-likeness (QED) is 0.136. The maximum absolute atomic E-state index is 11.1. The lowest BCUT2D eigenvalue weighted by Gasteiger charge is -2.27. The molecule has 0 bridgehead atoms. The molecule has 0 saturated heterocycles. The summed E-state index contributed by atoms with van der Waals surface area (Å²) in [7, 11) is 0. The van der Waals surface area contributed by atoms with Gasteiger partial charge in [0.05, 0.1) is 22.8 Å². The minimum atomic E-state index is -0.481. The number of nitrogens with zero attached hydrogens (tertiary/aromatic N) is 3. The van der Waals surface area contributed by atoms with Gasteiger partial charge in [0, 0.05) is 44.5 Å². The van der Waals surface area contributed by atoms with E-state index in [4.69, 9.17) is 0 Å². The van der Waals surface area contributed by atoms with Gasteiger partial charge in [0.15, 0.2) is 0 Å². The van der Waals surface area contributed by atoms with Crippen molar-refractivity contribution < 1.29 is 4.39 Å². The number of allylic oxidation sites excluding steroid dienone is 9. The van der Waals surface area contributed by atoms with E-state index in [0.29, 0.717) is 0 Å². The van der Waals surface area contributed by atoms with Crippen molar-refractivity contribution in [2.45, 2.75) is 73.3 Å². The summed E-state index contributed by atoms with van der Waals surface area (Å²) in [5.74, 6) is 0.667. The molecule has 12 rings (SSSR count). The zero-order valence-corrected chi connectivity index (χ0v) is 47.6. The van der Waals surface area contributed by atoms with E-state index < -0.39 is 5.83 Å². The van der Waals surface area contributed by atoms with Crippen LogP contribution in [0.4, 0.5) is 4.39 Å². The standard InChI is InChI=1S/C47H37N3.C20H21N.C4H5F.2C2H6/c1-2-11-32(12-3-1)33-21-23-34(24-22-33)35-25-27-36(28-26-35)42-16-10-20-47(48-42)50-45-19-9-6-15-40(45)41-31-37(29-30-46(41)50)49-43-17-7-4-13-38(43)39-14-5-8-18-44(39)49;1-7-10-14(3)18-11-9-12-19(13-18)21-17(6)15(4)16(5)20(21)8-2;1-3-4(2)5;2*1-2/h1-5,7-14,16-28,31,42,48H,6,15,29-30H2;7-13H,2-4,6H2,1,5H3;3H,1-2H2;2*1-2H3/b;10-7-;;;. The van der Waals surface area contributed by atoms with Gasteiger partial charge in [0.25, 0.3) is 0 Å². The Bertz CT molecular complexity index is 3920. The molecule has 4 heterocycles. The van der Waals surface area contributed by atoms with Crippen molar-refractivity contribution in [3.8, 4) is 27.9 Å². The van der Waals surface area contributed by atoms with E-state index in [1.165, 1.54) is 77.8 Å². The third-order valence-corrected chi connectivity index (χ3v) is 14.7. The summed E-state index contributed by atoms with van der Waals surface area (Å²) in [6.07, 6.45) is 25.0. The second kappa shape index (κ2) is 26.4. The van der Waals surface area contributed by atoms with Gasteiger partial charge in [-0.25, -0.2) is 4.39 Å². The Balaban J connectivity index is 0.000000234. The number of hydrogen-bond acceptors (Lipinski definition) is 1. The SMILES string of the molecule is C1=CC(c2ccc(-c3ccc(-c4ccccc4)cc3)cc2)NC(n2c3c(c4c2CCC(n2c5ccccc5c5ccccc52)=C4)CCC=C3)=C1.C=CC(=C)F.C=Cc1c(C)c(=C)c(=C)n1-c1cccc(C(=C)/C=C\C)c1.CC.CC. The van der Waals surface area contributed by atoms with Crippen LogP contribution in [-0.2, 0) is 12.8 Å². The molecular formula is C75H75FN4. The Morgan fingerprint density at radius 2 is 1.26 bits per heavy atom. The van der Waals surface area contributed by atoms with Crippen LogP contribution in [0.1, 0.15) is 98.4 Å². The summed E-state index contributed by atoms with van der Waals surface area (Å²) < 4.78 is 18.2. The number of halogens is 1. The third kappa shape index (κ3) is 11.8. The highest BCUT2D eigenvalue weighted by Gasteiger charge is 2.29. The number of rotatable bonds is 10. The lowest BCUT2D eigenvalue weighted by atomic mass is 9.94. The minimum absolute atomic E-state index is 0.0954. The molecule has 3 aliphatic rings. The minimum Gasteiger partial charge on any atom is -0.361 e. The number of benzene rings is 6. The Hall–Kier alpha value is -9.19. The lowest BCUT2D eigenvalue weighted by Crippen LogP contribution is -2.26. The van der Waals surface area contributed by atoms with Crippen LogP contribution in [0.3, 0.4) is 0 Å². The fourth-order valence-electron chi connectivity index (χ4n) is 10.9. The van der Waals surface area contributed by atoms with E-state index >= 15 is 0 Å². The van der Waals surface area contributed by atoms with Crippen molar-refractivity contribution in [2.24, 2.45) is 0 Å². The van der Waals surface area contributed by atoms with Crippen molar-refractivity contribution in [3.05, 3.63) is 282 Å². The van der Waals surface area contributed by atoms with Gasteiger partial charge in [-0.1, -0.05) is 225 Å². The zero-order valence-electron chi connectivity index (χ0n) is 47.6. The van der Waals surface area contributed by atoms with Gasteiger partial charge in [-0.2, -0.15) is 0 Å². The first-order valence-electron chi connectivity index (χ1n) is 28.0. The molecule has 1 aliphatic heterocycles. The molecule has 5 heteroatoms. The molecule has 4 nitrogen and oxygen atoms in total. The molecule has 9 aromatic rings. The molecular weight excluding hydrogens is 976 g/mol. The van der Waals surface area contributed by atoms with Crippen LogP contribution >= 0.6 is 0 Å². The van der Waals surface area contributed by atoms with Crippen LogP contribution in [-0.4, -0.2) is 13.7 Å². The smallest absolute Gasteiger partial charge is 0.115 e. The van der Waals surface area contributed by atoms with Crippen LogP contribution < -0.4 is 15.9 Å². The van der Waals surface area contributed by atoms with Crippen LogP contribution in [0.5, 0.6) is 0 Å². The van der Waals surface area contributed by atoms with Crippen LogP contribution in [0.2, 0.25) is 0 Å². The first-order valence-corrected chi connectivity index (χ1v) is 28.0. The van der Waals surface area contributed by atoms with Crippen molar-refractivity contribution in [3.63, 3.8) is 0 Å². The molecule has 6 aromatic carbocycles. The zero-order chi connectivity index (χ0) is 56.9. The van der Waals surface area contributed by atoms with E-state index in [9.17, 15) is 4.39 Å². The number of para-hydroxylation sites is 2. The molecule has 402 valence electrons. The van der Waals surface area contributed by atoms with Gasteiger partial charge in [0.1, 0.15) is 11.6 Å². The van der Waals surface area contributed by atoms with E-state index in [0.717, 1.165) is 76.2 Å². The molecule has 1 unspecified atom stereocenters. The number of hydrogen-bond donors (Lipinski definition) is 1. The highest BCUT2D eigenvalue weighted by molar-refractivity contribution is 6.10. The summed E-state index contributed by atoms with van der Waals surface area (Å²) in [6.45, 7) is 34.3. The van der Waals surface area contributed by atoms with Crippen molar-refractivity contribution in [1.82, 2.24) is 19.0 Å². The molecule has 0 spiro atoms. The first-order chi connectivity index (χ1) is 39.1. The molecule has 0 saturated carbocycles. The average Bonchev–Trinajstić information content (AvgIpc) is 4.13. The molecule has 0 fully saturated rings. The fraction of sp³-hybridized carbons (Fsp3) is 0.147. The van der Waals surface area contributed by atoms with E-state index in [1.54, 1.807) is 0 Å². The summed E-state index contributed by atoms with van der Waals surface area (Å²) in [4.78, 5) is 0. The lowest BCUT2D eigenvalue weighted by molar-refractivity contribution is 0.672. The summed E-state index contributed by atoms with van der Waals surface area (Å²) >= 11 is 0. The number of nitrogens with one attached hydrogen (secondary N) is 1. The third-order valence-electron chi connectivity index (χ3n) is 14.7. The van der Waals surface area contributed by atoms with Gasteiger partial charge in [-0.05, 0) is 149 Å². The van der Waals surface area contributed by atoms with Gasteiger partial charge in [-0.3, -0.25) is 4.57 Å². The normalized spacial score (nSPS) is 13.8. The Morgan fingerprint density at radius 3 is 1.86 bits per heavy atom. The summed E-state index contributed by atoms with van der Waals surface area (Å²) in [5, 5.41) is 8.42. The van der Waals surface area contributed by atoms with Gasteiger partial charge < -0.3 is 14.5 Å². The molecule has 0 amide bonds. The van der Waals surface area contributed by atoms with Crippen molar-refractivity contribution in [2.75, 3.05) is 0 Å². The Labute approximate surface area is 474 Å². The second-order valence-electron chi connectivity index (χ2n) is 19.3. The van der Waals surface area contributed by atoms with Crippen LogP contribution in [0, 0.1) is 6.92 Å². The van der Waals surface area contributed by atoms with Crippen molar-refractivity contribution in [1.29, 1.82) is 0 Å². The van der Waals surface area contributed by atoms with Gasteiger partial charge in [0.2, 0.25) is 0 Å². The summed E-state index contributed by atoms with van der Waals surface area (Å²) in [6, 6.07) is 54.6. The molecule has 3 aromatic heterocycles. The first kappa shape index (κ1) is 57.0. The second-order valence-corrected chi connectivity index (χ2v) is 19.3. The maximum Gasteiger partial charge on any atom is 0.115 e. The number of fused-ring (bicyclic) bond motifs is 6. The van der Waals surface area contributed by atoms with E-state index in [2.05, 4.69) is 241 Å². The molecule has 80 heavy (non-hydrogen) atoms. The summed E-state index contributed by atoms with van der Waals surface area (Å²) in [5.41, 5.74) is 21.1. The maximum atomic E-state index is 11.1. The molecule has 0 radical (unpaired) electrons. The average molecular weight is 1050 g/mol. The van der Waals surface area contributed by atoms with Crippen molar-refractivity contribution >= 4 is 70.3 Å². The van der Waals surface area contributed by atoms with Crippen LogP contribution in [0.25, 0.3) is 98.2 Å².